The van der Waals surface area contributed by atoms with E-state index in [0.717, 1.165) is 37.4 Å². The van der Waals surface area contributed by atoms with Crippen molar-refractivity contribution in [1.29, 1.82) is 0 Å². The van der Waals surface area contributed by atoms with Gasteiger partial charge in [-0.05, 0) is 88.5 Å². The third-order valence-electron chi connectivity index (χ3n) is 6.04. The molecule has 0 radical (unpaired) electrons. The molecule has 0 saturated carbocycles. The molecule has 4 nitrogen and oxygen atoms in total. The van der Waals surface area contributed by atoms with Crippen molar-refractivity contribution in [3.05, 3.63) is 47.1 Å². The van der Waals surface area contributed by atoms with Gasteiger partial charge in [-0.25, -0.2) is 0 Å². The maximum Gasteiger partial charge on any atom is 0.147 e. The van der Waals surface area contributed by atoms with Crippen LogP contribution in [0.3, 0.4) is 0 Å². The second kappa shape index (κ2) is 10.6. The lowest BCUT2D eigenvalue weighted by Gasteiger charge is -2.38. The maximum absolute atomic E-state index is 5.79. The smallest absolute Gasteiger partial charge is 0.147 e. The van der Waals surface area contributed by atoms with Gasteiger partial charge < -0.3 is 4.74 Å². The van der Waals surface area contributed by atoms with Gasteiger partial charge >= 0.3 is 0 Å². The number of benzene rings is 1. The first kappa shape index (κ1) is 23.2. The largest absolute Gasteiger partial charge is 0.494 e. The predicted molar refractivity (Wildman–Crippen MR) is 123 cm³/mol. The van der Waals surface area contributed by atoms with Gasteiger partial charge in [0.05, 0.1) is 7.11 Å². The van der Waals surface area contributed by atoms with E-state index in [1.165, 1.54) is 28.7 Å². The number of fused-ring (bicyclic) bond motifs is 1. The van der Waals surface area contributed by atoms with Crippen molar-refractivity contribution < 1.29 is 4.74 Å². The molecule has 0 aliphatic heterocycles. The summed E-state index contributed by atoms with van der Waals surface area (Å²) in [5.41, 5.74) is 6.32. The van der Waals surface area contributed by atoms with Crippen LogP contribution in [0.5, 0.6) is 5.75 Å². The average Bonchev–Trinajstić information content (AvgIpc) is 2.68. The maximum atomic E-state index is 5.79. The summed E-state index contributed by atoms with van der Waals surface area (Å²) >= 11 is 0. The number of rotatable bonds is 9. The van der Waals surface area contributed by atoms with Gasteiger partial charge in [-0.3, -0.25) is 5.01 Å². The zero-order chi connectivity index (χ0) is 21.6. The van der Waals surface area contributed by atoms with Crippen LogP contribution < -0.4 is 4.74 Å². The summed E-state index contributed by atoms with van der Waals surface area (Å²) in [5, 5.41) is 11.3. The predicted octanol–water partition coefficient (Wildman–Crippen LogP) is 7.48. The molecule has 3 atom stereocenters. The van der Waals surface area contributed by atoms with E-state index in [4.69, 9.17) is 9.85 Å². The Bertz CT molecular complexity index is 758. The molecule has 0 N–H and O–H groups in total. The minimum Gasteiger partial charge on any atom is -0.494 e. The Morgan fingerprint density at radius 3 is 2.52 bits per heavy atom. The van der Waals surface area contributed by atoms with Gasteiger partial charge in [-0.2, -0.15) is 0 Å². The van der Waals surface area contributed by atoms with Crippen LogP contribution in [0, 0.1) is 12.8 Å². The molecule has 0 spiro atoms. The van der Waals surface area contributed by atoms with Crippen molar-refractivity contribution >= 4 is 5.69 Å². The third-order valence-corrected chi connectivity index (χ3v) is 6.04. The van der Waals surface area contributed by atoms with E-state index >= 15 is 0 Å². The molecule has 0 amide bonds. The van der Waals surface area contributed by atoms with Crippen LogP contribution in [0.15, 0.2) is 40.7 Å². The second-order valence-electron chi connectivity index (χ2n) is 8.44. The van der Waals surface area contributed by atoms with Crippen LogP contribution >= 0.6 is 0 Å². The molecule has 160 valence electrons. The van der Waals surface area contributed by atoms with E-state index in [1.807, 2.05) is 11.1 Å². The minimum atomic E-state index is 0.415. The molecule has 2 rings (SSSR count). The molecule has 0 bridgehead atoms. The van der Waals surface area contributed by atoms with Crippen LogP contribution in [0.4, 0.5) is 5.69 Å². The summed E-state index contributed by atoms with van der Waals surface area (Å²) in [6.07, 6.45) is 7.70. The highest BCUT2D eigenvalue weighted by molar-refractivity contribution is 5.66. The van der Waals surface area contributed by atoms with Crippen LogP contribution in [-0.4, -0.2) is 25.2 Å². The van der Waals surface area contributed by atoms with Crippen molar-refractivity contribution in [2.45, 2.75) is 72.6 Å². The number of hydrogen-bond donors (Lipinski definition) is 0. The Balaban J connectivity index is 2.75. The number of aryl methyl sites for hydroxylation is 1. The quantitative estimate of drug-likeness (QED) is 0.246. The van der Waals surface area contributed by atoms with Crippen molar-refractivity contribution in [2.75, 3.05) is 20.2 Å². The Hall–Kier alpha value is -2.10. The van der Waals surface area contributed by atoms with Crippen LogP contribution in [0.25, 0.3) is 0 Å². The highest BCUT2D eigenvalue weighted by Crippen LogP contribution is 2.53. The lowest BCUT2D eigenvalue weighted by molar-refractivity contribution is 0.299. The highest BCUT2D eigenvalue weighted by atomic mass is 16.5. The number of ether oxygens (including phenoxy) is 1. The lowest BCUT2D eigenvalue weighted by atomic mass is 9.67. The molecule has 0 heterocycles. The van der Waals surface area contributed by atoms with Gasteiger partial charge in [0.1, 0.15) is 11.4 Å². The van der Waals surface area contributed by atoms with Crippen LogP contribution in [0.1, 0.15) is 82.4 Å². The summed E-state index contributed by atoms with van der Waals surface area (Å²) in [4.78, 5) is 0. The third kappa shape index (κ3) is 5.29. The summed E-state index contributed by atoms with van der Waals surface area (Å²) in [6.45, 7) is 18.8. The minimum absolute atomic E-state index is 0.415. The van der Waals surface area contributed by atoms with Gasteiger partial charge in [-0.15, -0.1) is 11.7 Å². The van der Waals surface area contributed by atoms with E-state index in [0.29, 0.717) is 17.8 Å². The first-order valence-electron chi connectivity index (χ1n) is 11.0. The van der Waals surface area contributed by atoms with Gasteiger partial charge in [0, 0.05) is 19.0 Å². The Morgan fingerprint density at radius 2 is 1.97 bits per heavy atom. The van der Waals surface area contributed by atoms with Gasteiger partial charge in [-0.1, -0.05) is 29.9 Å². The van der Waals surface area contributed by atoms with Crippen LogP contribution in [-0.2, 0) is 0 Å². The number of allylic oxidation sites excluding steroid dienone is 3. The Kier molecular flexibility index (Phi) is 8.48. The van der Waals surface area contributed by atoms with E-state index < -0.39 is 0 Å². The first-order valence-corrected chi connectivity index (χ1v) is 11.0. The Labute approximate surface area is 177 Å². The molecule has 1 aromatic carbocycles. The summed E-state index contributed by atoms with van der Waals surface area (Å²) in [6, 6.07) is 2.14. The first-order chi connectivity index (χ1) is 13.9. The van der Waals surface area contributed by atoms with Crippen molar-refractivity contribution in [3.8, 4) is 5.75 Å². The van der Waals surface area contributed by atoms with Crippen molar-refractivity contribution in [2.24, 2.45) is 16.3 Å². The number of methoxy groups -OCH3 is 1. The molecular formula is C25H39N3O. The lowest BCUT2D eigenvalue weighted by Crippen LogP contribution is -2.23. The molecule has 1 aromatic rings. The zero-order valence-electron chi connectivity index (χ0n) is 19.5. The molecule has 0 fully saturated rings. The topological polar surface area (TPSA) is 37.2 Å². The molecule has 29 heavy (non-hydrogen) atoms. The van der Waals surface area contributed by atoms with E-state index in [1.54, 1.807) is 7.11 Å². The molecule has 4 heteroatoms. The van der Waals surface area contributed by atoms with E-state index in [2.05, 4.69) is 65.5 Å². The standard InChI is InChI=1S/C25H39N3O/c1-9-12-13-21-18(6)15-20(14-17(4)5)23-19(7)16-22(29-8)25(24(21)23)26-27-28(10-2)11-3/h9,14,16,18,20-21H,1,10-13,15H2,2-8H3/t18-,20+,21+/m0/s1. The SMILES string of the molecule is C=CCC[C@H]1c2c(N=NN(CC)CC)c(OC)cc(C)c2[C@H](C=C(C)C)C[C@@H]1C. The fourth-order valence-electron chi connectivity index (χ4n) is 4.65. The van der Waals surface area contributed by atoms with Gasteiger partial charge in [0.25, 0.3) is 0 Å². The van der Waals surface area contributed by atoms with Crippen molar-refractivity contribution in [1.82, 2.24) is 5.01 Å². The van der Waals surface area contributed by atoms with E-state index in [-0.39, 0.29) is 0 Å². The second-order valence-corrected chi connectivity index (χ2v) is 8.44. The fraction of sp³-hybridized carbons (Fsp3) is 0.600. The molecule has 0 unspecified atom stereocenters. The normalized spacial score (nSPS) is 21.0. The monoisotopic (exact) mass is 397 g/mol. The molecule has 0 saturated heterocycles. The zero-order valence-corrected chi connectivity index (χ0v) is 19.5. The molecule has 0 aromatic heterocycles. The van der Waals surface area contributed by atoms with E-state index in [9.17, 15) is 0 Å². The molecule has 1 aliphatic carbocycles. The summed E-state index contributed by atoms with van der Waals surface area (Å²) in [5.74, 6) is 2.24. The highest BCUT2D eigenvalue weighted by Gasteiger charge is 2.36. The number of hydrogen-bond acceptors (Lipinski definition) is 3. The molecule has 1 aliphatic rings. The Morgan fingerprint density at radius 1 is 1.28 bits per heavy atom. The fourth-order valence-corrected chi connectivity index (χ4v) is 4.65. The summed E-state index contributed by atoms with van der Waals surface area (Å²) in [7, 11) is 1.73. The van der Waals surface area contributed by atoms with Crippen molar-refractivity contribution in [3.63, 3.8) is 0 Å². The van der Waals surface area contributed by atoms with Crippen LogP contribution in [0.2, 0.25) is 0 Å². The average molecular weight is 398 g/mol. The summed E-state index contributed by atoms with van der Waals surface area (Å²) < 4.78 is 5.79. The van der Waals surface area contributed by atoms with Gasteiger partial charge in [0.2, 0.25) is 0 Å². The van der Waals surface area contributed by atoms with Gasteiger partial charge in [0.15, 0.2) is 0 Å². The molecular weight excluding hydrogens is 358 g/mol. The number of nitrogens with zero attached hydrogens (tertiary/aromatic N) is 3.